The minimum Gasteiger partial charge on any atom is -0.248 e. The van der Waals surface area contributed by atoms with Crippen LogP contribution < -0.4 is 0 Å². The van der Waals surface area contributed by atoms with Crippen LogP contribution in [0.15, 0.2) is 194 Å². The molecule has 0 saturated carbocycles. The summed E-state index contributed by atoms with van der Waals surface area (Å²) in [7, 11) is 0. The highest BCUT2D eigenvalue weighted by molar-refractivity contribution is 6.02. The Hall–Kier alpha value is -7.56. The molecular formula is C55H38N4. The maximum atomic E-state index is 5.44. The first-order chi connectivity index (χ1) is 29.0. The molecule has 0 bridgehead atoms. The molecule has 4 heteroatoms. The molecular weight excluding hydrogens is 717 g/mol. The molecule has 0 radical (unpaired) electrons. The lowest BCUT2D eigenvalue weighted by Gasteiger charge is -2.22. The van der Waals surface area contributed by atoms with Gasteiger partial charge in [-0.2, -0.15) is 0 Å². The van der Waals surface area contributed by atoms with Gasteiger partial charge >= 0.3 is 0 Å². The van der Waals surface area contributed by atoms with Gasteiger partial charge in [-0.05, 0) is 91.7 Å². The predicted octanol–water partition coefficient (Wildman–Crippen LogP) is 13.9. The summed E-state index contributed by atoms with van der Waals surface area (Å²) in [5.41, 5.74) is 15.3. The fourth-order valence-electron chi connectivity index (χ4n) is 8.80. The second-order valence-electron chi connectivity index (χ2n) is 15.9. The maximum Gasteiger partial charge on any atom is 0.164 e. The van der Waals surface area contributed by atoms with Gasteiger partial charge in [0.05, 0.1) is 11.2 Å². The molecule has 278 valence electrons. The van der Waals surface area contributed by atoms with Crippen molar-refractivity contribution in [3.63, 3.8) is 0 Å². The van der Waals surface area contributed by atoms with E-state index in [1.54, 1.807) is 0 Å². The zero-order valence-corrected chi connectivity index (χ0v) is 32.8. The van der Waals surface area contributed by atoms with Crippen molar-refractivity contribution in [2.75, 3.05) is 0 Å². The molecule has 0 spiro atoms. The van der Waals surface area contributed by atoms with Crippen molar-refractivity contribution >= 4 is 21.7 Å². The Balaban J connectivity index is 1.09. The van der Waals surface area contributed by atoms with Gasteiger partial charge in [0.25, 0.3) is 0 Å². The highest BCUT2D eigenvalue weighted by Gasteiger charge is 2.36. The molecule has 11 rings (SSSR count). The fourth-order valence-corrected chi connectivity index (χ4v) is 8.80. The van der Waals surface area contributed by atoms with Gasteiger partial charge in [-0.15, -0.1) is 0 Å². The van der Waals surface area contributed by atoms with Crippen molar-refractivity contribution in [1.82, 2.24) is 19.9 Å². The molecule has 2 heterocycles. The van der Waals surface area contributed by atoms with Crippen LogP contribution >= 0.6 is 0 Å². The van der Waals surface area contributed by atoms with Crippen molar-refractivity contribution in [3.8, 4) is 78.8 Å². The zero-order valence-electron chi connectivity index (χ0n) is 32.8. The number of hydrogen-bond donors (Lipinski definition) is 0. The van der Waals surface area contributed by atoms with Gasteiger partial charge in [0.2, 0.25) is 0 Å². The van der Waals surface area contributed by atoms with Crippen LogP contribution in [0.5, 0.6) is 0 Å². The van der Waals surface area contributed by atoms with E-state index in [4.69, 9.17) is 19.9 Å². The minimum atomic E-state index is -0.126. The van der Waals surface area contributed by atoms with Crippen molar-refractivity contribution in [1.29, 1.82) is 0 Å². The molecule has 1 aliphatic rings. The van der Waals surface area contributed by atoms with Crippen molar-refractivity contribution in [2.24, 2.45) is 0 Å². The van der Waals surface area contributed by atoms with Gasteiger partial charge in [0.1, 0.15) is 0 Å². The summed E-state index contributed by atoms with van der Waals surface area (Å²) in [5.74, 6) is 1.85. The summed E-state index contributed by atoms with van der Waals surface area (Å²) >= 11 is 0. The van der Waals surface area contributed by atoms with Gasteiger partial charge in [-0.3, -0.25) is 0 Å². The number of fused-ring (bicyclic) bond motifs is 5. The Morgan fingerprint density at radius 3 is 1.64 bits per heavy atom. The summed E-state index contributed by atoms with van der Waals surface area (Å²) < 4.78 is 0. The van der Waals surface area contributed by atoms with E-state index in [2.05, 4.69) is 172 Å². The number of hydrogen-bond acceptors (Lipinski definition) is 4. The van der Waals surface area contributed by atoms with Crippen LogP contribution in [0.1, 0.15) is 25.0 Å². The van der Waals surface area contributed by atoms with Crippen LogP contribution in [0.3, 0.4) is 0 Å². The molecule has 8 aromatic carbocycles. The smallest absolute Gasteiger partial charge is 0.164 e. The molecule has 1 aliphatic carbocycles. The zero-order chi connectivity index (χ0) is 39.5. The quantitative estimate of drug-likeness (QED) is 0.170. The SMILES string of the molecule is CC1(C)c2ccccc2-c2cc3nc(-c4cccc(-c5nc(-c6ccccc6)nc(-c6cccc(-c7ccccc7)c6)n5)c4)cc(-c4ccc5ccccc5c4)c3cc21. The number of pyridine rings is 1. The molecule has 0 fully saturated rings. The highest BCUT2D eigenvalue weighted by atomic mass is 15.0. The van der Waals surface area contributed by atoms with Gasteiger partial charge in [0.15, 0.2) is 17.5 Å². The normalized spacial score (nSPS) is 12.7. The largest absolute Gasteiger partial charge is 0.248 e. The van der Waals surface area contributed by atoms with Crippen LogP contribution in [0.4, 0.5) is 0 Å². The molecule has 0 saturated heterocycles. The third kappa shape index (κ3) is 6.09. The molecule has 0 aliphatic heterocycles. The van der Waals surface area contributed by atoms with Crippen LogP contribution in [-0.4, -0.2) is 19.9 Å². The average Bonchev–Trinajstić information content (AvgIpc) is 3.53. The third-order valence-corrected chi connectivity index (χ3v) is 11.9. The number of aromatic nitrogens is 4. The minimum absolute atomic E-state index is 0.126. The van der Waals surface area contributed by atoms with Gasteiger partial charge in [-0.25, -0.2) is 19.9 Å². The standard InChI is InChI=1S/C55H38N4/c1-55(2)48-26-12-11-25-44(48)46-34-51-47(32-49(46)55)45(40-28-27-36-17-9-10-20-38(36)29-40)33-50(56-51)41-22-14-24-43(31-41)54-58-52(37-18-7-4-8-19-37)57-53(59-54)42-23-13-21-39(30-42)35-15-5-3-6-16-35/h3-34H,1-2H3. The molecule has 0 unspecified atom stereocenters. The van der Waals surface area contributed by atoms with Gasteiger partial charge in [-0.1, -0.05) is 172 Å². The first kappa shape index (κ1) is 34.7. The highest BCUT2D eigenvalue weighted by Crippen LogP contribution is 2.50. The van der Waals surface area contributed by atoms with E-state index >= 15 is 0 Å². The van der Waals surface area contributed by atoms with Crippen molar-refractivity contribution in [3.05, 3.63) is 205 Å². The molecule has 4 nitrogen and oxygen atoms in total. The first-order valence-corrected chi connectivity index (χ1v) is 20.1. The molecule has 0 N–H and O–H groups in total. The lowest BCUT2D eigenvalue weighted by Crippen LogP contribution is -2.14. The molecule has 59 heavy (non-hydrogen) atoms. The van der Waals surface area contributed by atoms with Crippen molar-refractivity contribution in [2.45, 2.75) is 19.3 Å². The molecule has 10 aromatic rings. The van der Waals surface area contributed by atoms with E-state index in [-0.39, 0.29) is 5.41 Å². The summed E-state index contributed by atoms with van der Waals surface area (Å²) in [4.78, 5) is 20.7. The lowest BCUT2D eigenvalue weighted by molar-refractivity contribution is 0.661. The third-order valence-electron chi connectivity index (χ3n) is 11.9. The van der Waals surface area contributed by atoms with Crippen LogP contribution in [0.25, 0.3) is 100 Å². The Bertz CT molecular complexity index is 3240. The van der Waals surface area contributed by atoms with E-state index in [0.29, 0.717) is 17.5 Å². The molecule has 0 atom stereocenters. The van der Waals surface area contributed by atoms with Crippen LogP contribution in [0.2, 0.25) is 0 Å². The van der Waals surface area contributed by atoms with Crippen molar-refractivity contribution < 1.29 is 0 Å². The lowest BCUT2D eigenvalue weighted by atomic mass is 9.81. The number of nitrogens with zero attached hydrogens (tertiary/aromatic N) is 4. The predicted molar refractivity (Wildman–Crippen MR) is 243 cm³/mol. The number of rotatable bonds is 6. The summed E-state index contributed by atoms with van der Waals surface area (Å²) in [6.07, 6.45) is 0. The number of benzene rings is 8. The topological polar surface area (TPSA) is 51.6 Å². The maximum absolute atomic E-state index is 5.44. The van der Waals surface area contributed by atoms with Crippen LogP contribution in [-0.2, 0) is 5.41 Å². The average molecular weight is 755 g/mol. The molecule has 0 amide bonds. The van der Waals surface area contributed by atoms with E-state index in [9.17, 15) is 0 Å². The molecule has 2 aromatic heterocycles. The van der Waals surface area contributed by atoms with E-state index in [1.165, 1.54) is 33.0 Å². The van der Waals surface area contributed by atoms with E-state index < -0.39 is 0 Å². The van der Waals surface area contributed by atoms with Crippen LogP contribution in [0, 0.1) is 0 Å². The Morgan fingerprint density at radius 2 is 0.898 bits per heavy atom. The Morgan fingerprint density at radius 1 is 0.322 bits per heavy atom. The fraction of sp³-hybridized carbons (Fsp3) is 0.0545. The first-order valence-electron chi connectivity index (χ1n) is 20.1. The second-order valence-corrected chi connectivity index (χ2v) is 15.9. The van der Waals surface area contributed by atoms with E-state index in [0.717, 1.165) is 61.1 Å². The summed E-state index contributed by atoms with van der Waals surface area (Å²) in [6, 6.07) is 68.5. The second kappa shape index (κ2) is 13.8. The van der Waals surface area contributed by atoms with E-state index in [1.807, 2.05) is 36.4 Å². The summed E-state index contributed by atoms with van der Waals surface area (Å²) in [5, 5.41) is 3.58. The Labute approximate surface area is 343 Å². The van der Waals surface area contributed by atoms with Gasteiger partial charge in [0, 0.05) is 33.1 Å². The van der Waals surface area contributed by atoms with Gasteiger partial charge < -0.3 is 0 Å². The monoisotopic (exact) mass is 754 g/mol. The Kier molecular flexibility index (Phi) is 8.12. The summed E-state index contributed by atoms with van der Waals surface area (Å²) in [6.45, 7) is 4.67.